The van der Waals surface area contributed by atoms with Crippen LogP contribution in [0.2, 0.25) is 0 Å². The van der Waals surface area contributed by atoms with E-state index in [1.807, 2.05) is 18.2 Å². The van der Waals surface area contributed by atoms with Crippen molar-refractivity contribution in [2.24, 2.45) is 0 Å². The number of nitrogens with zero attached hydrogens (tertiary/aromatic N) is 3. The lowest BCUT2D eigenvalue weighted by Crippen LogP contribution is -2.55. The molecule has 0 aliphatic carbocycles. The molecule has 3 N–H and O–H groups in total. The van der Waals surface area contributed by atoms with Gasteiger partial charge in [0.25, 0.3) is 0 Å². The molecule has 0 amide bonds. The first-order chi connectivity index (χ1) is 9.04. The fourth-order valence-electron chi connectivity index (χ4n) is 2.74. The minimum atomic E-state index is 0.530. The van der Waals surface area contributed by atoms with Crippen molar-refractivity contribution in [3.8, 4) is 0 Å². The van der Waals surface area contributed by atoms with Crippen LogP contribution in [0.25, 0.3) is 11.0 Å². The van der Waals surface area contributed by atoms with Crippen LogP contribution in [0.4, 0.5) is 11.6 Å². The maximum atomic E-state index is 5.81. The zero-order chi connectivity index (χ0) is 13.6. The van der Waals surface area contributed by atoms with Crippen molar-refractivity contribution in [3.05, 3.63) is 18.2 Å². The highest BCUT2D eigenvalue weighted by molar-refractivity contribution is 5.80. The predicted octanol–water partition coefficient (Wildman–Crippen LogP) is 1.67. The number of aromatic amines is 1. The molecule has 1 aromatic carbocycles. The first-order valence-corrected chi connectivity index (χ1v) is 6.76. The second kappa shape index (κ2) is 4.42. The van der Waals surface area contributed by atoms with Gasteiger partial charge in [0.05, 0.1) is 11.0 Å². The summed E-state index contributed by atoms with van der Waals surface area (Å²) in [7, 11) is 2.19. The third-order valence-electron chi connectivity index (χ3n) is 4.15. The fraction of sp³-hybridized carbons (Fsp3) is 0.500. The number of nitrogens with two attached hydrogens (primary N) is 1. The summed E-state index contributed by atoms with van der Waals surface area (Å²) >= 11 is 0. The van der Waals surface area contributed by atoms with Crippen LogP contribution in [0.3, 0.4) is 0 Å². The van der Waals surface area contributed by atoms with E-state index in [1.165, 1.54) is 0 Å². The van der Waals surface area contributed by atoms with Gasteiger partial charge in [0, 0.05) is 30.9 Å². The third kappa shape index (κ3) is 2.14. The summed E-state index contributed by atoms with van der Waals surface area (Å²) in [5.74, 6) is 0.951. The number of H-pyrrole nitrogens is 1. The van der Waals surface area contributed by atoms with Gasteiger partial charge in [-0.05, 0) is 39.1 Å². The number of hydrogen-bond acceptors (Lipinski definition) is 4. The molecule has 5 heteroatoms. The molecule has 2 unspecified atom stereocenters. The number of imidazole rings is 1. The van der Waals surface area contributed by atoms with E-state index < -0.39 is 0 Å². The highest BCUT2D eigenvalue weighted by atomic mass is 15.3. The number of anilines is 2. The number of rotatable bonds is 1. The van der Waals surface area contributed by atoms with Gasteiger partial charge in [0.15, 0.2) is 0 Å². The molecule has 0 spiro atoms. The van der Waals surface area contributed by atoms with Crippen LogP contribution in [0.15, 0.2) is 18.2 Å². The number of nitrogen functional groups attached to an aromatic ring is 1. The number of nitrogens with one attached hydrogen (secondary N) is 1. The van der Waals surface area contributed by atoms with Gasteiger partial charge in [0.2, 0.25) is 5.95 Å². The van der Waals surface area contributed by atoms with Crippen molar-refractivity contribution >= 4 is 22.7 Å². The summed E-state index contributed by atoms with van der Waals surface area (Å²) in [5.41, 5.74) is 8.56. The molecule has 0 bridgehead atoms. The molecule has 0 radical (unpaired) electrons. The van der Waals surface area contributed by atoms with Crippen LogP contribution in [0.5, 0.6) is 0 Å². The lowest BCUT2D eigenvalue weighted by Gasteiger charge is -2.42. The monoisotopic (exact) mass is 259 g/mol. The first kappa shape index (κ1) is 12.3. The Morgan fingerprint density at radius 2 is 1.95 bits per heavy atom. The van der Waals surface area contributed by atoms with Crippen LogP contribution in [0, 0.1) is 0 Å². The summed E-state index contributed by atoms with van der Waals surface area (Å²) in [6, 6.07) is 6.86. The Labute approximate surface area is 113 Å². The van der Waals surface area contributed by atoms with Crippen molar-refractivity contribution in [2.45, 2.75) is 25.9 Å². The van der Waals surface area contributed by atoms with Gasteiger partial charge in [-0.1, -0.05) is 0 Å². The standard InChI is InChI=1S/C14H21N5/c1-9-7-19(8-10(2)18(9)3)14-16-12-5-4-11(15)6-13(12)17-14/h4-6,9-10H,7-8,15H2,1-3H3,(H,16,17). The summed E-state index contributed by atoms with van der Waals surface area (Å²) in [6.45, 7) is 6.50. The fourth-order valence-corrected chi connectivity index (χ4v) is 2.74. The number of likely N-dealkylation sites (N-methyl/N-ethyl adjacent to an activating group) is 1. The number of aromatic nitrogens is 2. The van der Waals surface area contributed by atoms with Gasteiger partial charge in [-0.25, -0.2) is 4.98 Å². The minimum absolute atomic E-state index is 0.530. The van der Waals surface area contributed by atoms with E-state index in [0.29, 0.717) is 12.1 Å². The van der Waals surface area contributed by atoms with Gasteiger partial charge in [-0.2, -0.15) is 0 Å². The molecule has 2 atom stereocenters. The molecule has 0 saturated carbocycles. The molecule has 1 saturated heterocycles. The molecule has 1 aromatic heterocycles. The second-order valence-electron chi connectivity index (χ2n) is 5.61. The molecule has 1 aliphatic rings. The van der Waals surface area contributed by atoms with Gasteiger partial charge >= 0.3 is 0 Å². The predicted molar refractivity (Wildman–Crippen MR) is 79.4 cm³/mol. The maximum Gasteiger partial charge on any atom is 0.203 e. The van der Waals surface area contributed by atoms with E-state index in [0.717, 1.165) is 35.8 Å². The zero-order valence-corrected chi connectivity index (χ0v) is 11.7. The van der Waals surface area contributed by atoms with Gasteiger partial charge in [-0.3, -0.25) is 4.90 Å². The van der Waals surface area contributed by atoms with Gasteiger partial charge in [-0.15, -0.1) is 0 Å². The molecule has 5 nitrogen and oxygen atoms in total. The summed E-state index contributed by atoms with van der Waals surface area (Å²) in [4.78, 5) is 12.8. The number of piperazine rings is 1. The van der Waals surface area contributed by atoms with Crippen molar-refractivity contribution < 1.29 is 0 Å². The second-order valence-corrected chi connectivity index (χ2v) is 5.61. The third-order valence-corrected chi connectivity index (χ3v) is 4.15. The SMILES string of the molecule is CC1CN(c2nc3ccc(N)cc3[nH]2)CC(C)N1C. The Morgan fingerprint density at radius 3 is 2.63 bits per heavy atom. The van der Waals surface area contributed by atoms with Crippen molar-refractivity contribution in [3.63, 3.8) is 0 Å². The van der Waals surface area contributed by atoms with Gasteiger partial charge < -0.3 is 15.6 Å². The lowest BCUT2D eigenvalue weighted by molar-refractivity contribution is 0.169. The number of fused-ring (bicyclic) bond motifs is 1. The molecule has 102 valence electrons. The Kier molecular flexibility index (Phi) is 2.86. The molecule has 19 heavy (non-hydrogen) atoms. The molecule has 3 rings (SSSR count). The molecule has 2 aromatic rings. The Hall–Kier alpha value is -1.75. The average Bonchev–Trinajstić information content (AvgIpc) is 2.78. The smallest absolute Gasteiger partial charge is 0.203 e. The quantitative estimate of drug-likeness (QED) is 0.765. The van der Waals surface area contributed by atoms with Crippen LogP contribution in [-0.2, 0) is 0 Å². The Balaban J connectivity index is 1.92. The van der Waals surface area contributed by atoms with E-state index in [2.05, 4.69) is 40.7 Å². The molecule has 1 fully saturated rings. The topological polar surface area (TPSA) is 61.2 Å². The van der Waals surface area contributed by atoms with E-state index in [-0.39, 0.29) is 0 Å². The number of hydrogen-bond donors (Lipinski definition) is 2. The Bertz CT molecular complexity index is 579. The van der Waals surface area contributed by atoms with Crippen molar-refractivity contribution in [1.82, 2.24) is 14.9 Å². The molecular formula is C14H21N5. The van der Waals surface area contributed by atoms with E-state index >= 15 is 0 Å². The van der Waals surface area contributed by atoms with Crippen LogP contribution in [-0.4, -0.2) is 47.1 Å². The van der Waals surface area contributed by atoms with Gasteiger partial charge in [0.1, 0.15) is 0 Å². The normalized spacial score (nSPS) is 25.1. The number of benzene rings is 1. The van der Waals surface area contributed by atoms with E-state index in [9.17, 15) is 0 Å². The highest BCUT2D eigenvalue weighted by Crippen LogP contribution is 2.23. The van der Waals surface area contributed by atoms with E-state index in [1.54, 1.807) is 0 Å². The summed E-state index contributed by atoms with van der Waals surface area (Å²) in [5, 5.41) is 0. The molecular weight excluding hydrogens is 238 g/mol. The molecule has 1 aliphatic heterocycles. The summed E-state index contributed by atoms with van der Waals surface area (Å²) < 4.78 is 0. The Morgan fingerprint density at radius 1 is 1.26 bits per heavy atom. The maximum absolute atomic E-state index is 5.81. The van der Waals surface area contributed by atoms with Crippen LogP contribution >= 0.6 is 0 Å². The average molecular weight is 259 g/mol. The van der Waals surface area contributed by atoms with Crippen LogP contribution < -0.4 is 10.6 Å². The van der Waals surface area contributed by atoms with Crippen LogP contribution in [0.1, 0.15) is 13.8 Å². The lowest BCUT2D eigenvalue weighted by atomic mass is 10.1. The van der Waals surface area contributed by atoms with Crippen molar-refractivity contribution in [2.75, 3.05) is 30.8 Å². The summed E-state index contributed by atoms with van der Waals surface area (Å²) in [6.07, 6.45) is 0. The molecule has 2 heterocycles. The van der Waals surface area contributed by atoms with E-state index in [4.69, 9.17) is 5.73 Å². The van der Waals surface area contributed by atoms with Crippen molar-refractivity contribution in [1.29, 1.82) is 0 Å². The zero-order valence-electron chi connectivity index (χ0n) is 11.7. The highest BCUT2D eigenvalue weighted by Gasteiger charge is 2.27. The minimum Gasteiger partial charge on any atom is -0.399 e. The largest absolute Gasteiger partial charge is 0.399 e. The first-order valence-electron chi connectivity index (χ1n) is 6.76.